The summed E-state index contributed by atoms with van der Waals surface area (Å²) in [5, 5.41) is 0.380. The number of aromatic nitrogens is 2. The number of rotatable bonds is 7. The Kier molecular flexibility index (Phi) is 5.73. The lowest BCUT2D eigenvalue weighted by Gasteiger charge is -2.12. The molecule has 0 aliphatic carbocycles. The van der Waals surface area contributed by atoms with Crippen LogP contribution in [-0.2, 0) is 11.0 Å². The standard InChI is InChI=1S/C19H19F2N3O3S/c1-10(2)9-28(26)24-15-5-4-14(20)16(17(15)21)18(25)13-8-23-19-12(13)6-11(27-3)7-22-19/h4-8,10,24H,9H2,1-3H3,(H,22,23). The van der Waals surface area contributed by atoms with Crippen LogP contribution in [0.3, 0.4) is 0 Å². The highest BCUT2D eigenvalue weighted by Crippen LogP contribution is 2.28. The van der Waals surface area contributed by atoms with Gasteiger partial charge in [-0.2, -0.15) is 0 Å². The number of benzene rings is 1. The van der Waals surface area contributed by atoms with Crippen molar-refractivity contribution in [3.63, 3.8) is 0 Å². The Morgan fingerprint density at radius 3 is 2.79 bits per heavy atom. The van der Waals surface area contributed by atoms with Crippen LogP contribution in [0.15, 0.2) is 30.6 Å². The van der Waals surface area contributed by atoms with E-state index in [-0.39, 0.29) is 22.9 Å². The first-order valence-corrected chi connectivity index (χ1v) is 9.82. The monoisotopic (exact) mass is 407 g/mol. The minimum atomic E-state index is -1.56. The van der Waals surface area contributed by atoms with Crippen molar-refractivity contribution >= 4 is 33.5 Å². The minimum Gasteiger partial charge on any atom is -0.495 e. The second-order valence-electron chi connectivity index (χ2n) is 6.59. The molecule has 0 bridgehead atoms. The van der Waals surface area contributed by atoms with E-state index >= 15 is 0 Å². The number of H-pyrrole nitrogens is 1. The Morgan fingerprint density at radius 2 is 2.11 bits per heavy atom. The molecule has 9 heteroatoms. The molecule has 0 spiro atoms. The molecule has 2 heterocycles. The largest absolute Gasteiger partial charge is 0.495 e. The van der Waals surface area contributed by atoms with Gasteiger partial charge in [-0.1, -0.05) is 13.8 Å². The number of methoxy groups -OCH3 is 1. The SMILES string of the molecule is COc1cnc2[nH]cc(C(=O)c3c(F)ccc(NS(=O)CC(C)C)c3F)c2c1. The predicted molar refractivity (Wildman–Crippen MR) is 104 cm³/mol. The number of carbonyl (C=O) groups excluding carboxylic acids is 1. The van der Waals surface area contributed by atoms with Crippen LogP contribution < -0.4 is 9.46 Å². The van der Waals surface area contributed by atoms with Crippen molar-refractivity contribution in [2.75, 3.05) is 17.6 Å². The maximum atomic E-state index is 14.9. The van der Waals surface area contributed by atoms with Gasteiger partial charge in [-0.25, -0.2) is 18.0 Å². The van der Waals surface area contributed by atoms with Gasteiger partial charge >= 0.3 is 0 Å². The lowest BCUT2D eigenvalue weighted by molar-refractivity contribution is 0.103. The third kappa shape index (κ3) is 3.89. The molecule has 28 heavy (non-hydrogen) atoms. The third-order valence-electron chi connectivity index (χ3n) is 4.01. The number of hydrogen-bond acceptors (Lipinski definition) is 4. The van der Waals surface area contributed by atoms with Crippen molar-refractivity contribution in [1.82, 2.24) is 9.97 Å². The number of fused-ring (bicyclic) bond motifs is 1. The van der Waals surface area contributed by atoms with Gasteiger partial charge in [-0.15, -0.1) is 0 Å². The van der Waals surface area contributed by atoms with Crippen molar-refractivity contribution in [3.8, 4) is 5.75 Å². The molecular formula is C19H19F2N3O3S. The number of anilines is 1. The Hall–Kier alpha value is -2.81. The van der Waals surface area contributed by atoms with Crippen LogP contribution >= 0.6 is 0 Å². The molecule has 0 radical (unpaired) electrons. The number of nitrogens with one attached hydrogen (secondary N) is 2. The van der Waals surface area contributed by atoms with E-state index in [9.17, 15) is 17.8 Å². The van der Waals surface area contributed by atoms with Crippen molar-refractivity contribution in [1.29, 1.82) is 0 Å². The number of nitrogens with zero attached hydrogens (tertiary/aromatic N) is 1. The van der Waals surface area contributed by atoms with E-state index in [4.69, 9.17) is 4.74 Å². The van der Waals surface area contributed by atoms with E-state index in [1.54, 1.807) is 6.07 Å². The molecule has 0 aliphatic heterocycles. The summed E-state index contributed by atoms with van der Waals surface area (Å²) in [4.78, 5) is 19.8. The van der Waals surface area contributed by atoms with Gasteiger partial charge in [0, 0.05) is 22.9 Å². The highest BCUT2D eigenvalue weighted by molar-refractivity contribution is 7.86. The van der Waals surface area contributed by atoms with Crippen LogP contribution in [0.5, 0.6) is 5.75 Å². The van der Waals surface area contributed by atoms with Crippen molar-refractivity contribution in [2.24, 2.45) is 5.92 Å². The fourth-order valence-corrected chi connectivity index (χ4v) is 3.82. The number of aromatic amines is 1. The predicted octanol–water partition coefficient (Wildman–Crippen LogP) is 3.81. The Bertz CT molecular complexity index is 1070. The van der Waals surface area contributed by atoms with Crippen molar-refractivity contribution in [3.05, 3.63) is 53.4 Å². The molecule has 2 N–H and O–H groups in total. The number of ether oxygens (including phenoxy) is 1. The molecule has 0 aliphatic rings. The summed E-state index contributed by atoms with van der Waals surface area (Å²) in [5.74, 6) is -2.14. The van der Waals surface area contributed by atoms with E-state index < -0.39 is 34.0 Å². The fourth-order valence-electron chi connectivity index (χ4n) is 2.72. The first-order chi connectivity index (χ1) is 13.3. The topological polar surface area (TPSA) is 84.1 Å². The van der Waals surface area contributed by atoms with Crippen LogP contribution in [-0.4, -0.2) is 32.8 Å². The van der Waals surface area contributed by atoms with E-state index in [1.165, 1.54) is 19.5 Å². The van der Waals surface area contributed by atoms with Crippen LogP contribution in [0.4, 0.5) is 14.5 Å². The normalized spacial score (nSPS) is 12.4. The zero-order valence-electron chi connectivity index (χ0n) is 15.5. The second-order valence-corrected chi connectivity index (χ2v) is 7.82. The van der Waals surface area contributed by atoms with Gasteiger partial charge in [-0.05, 0) is 24.1 Å². The van der Waals surface area contributed by atoms with Crippen LogP contribution in [0.25, 0.3) is 11.0 Å². The Labute approximate surface area is 162 Å². The number of ketones is 1. The summed E-state index contributed by atoms with van der Waals surface area (Å²) in [6, 6.07) is 3.65. The van der Waals surface area contributed by atoms with Gasteiger partial charge in [-0.3, -0.25) is 4.79 Å². The molecule has 3 rings (SSSR count). The van der Waals surface area contributed by atoms with Gasteiger partial charge in [0.05, 0.1) is 24.6 Å². The second kappa shape index (κ2) is 8.05. The molecule has 0 saturated heterocycles. The summed E-state index contributed by atoms with van der Waals surface area (Å²) in [6.45, 7) is 3.74. The van der Waals surface area contributed by atoms with Gasteiger partial charge in [0.25, 0.3) is 0 Å². The average molecular weight is 407 g/mol. The zero-order chi connectivity index (χ0) is 20.4. The van der Waals surface area contributed by atoms with E-state index in [0.29, 0.717) is 16.8 Å². The average Bonchev–Trinajstić information content (AvgIpc) is 3.06. The Morgan fingerprint density at radius 1 is 1.36 bits per heavy atom. The van der Waals surface area contributed by atoms with E-state index in [1.807, 2.05) is 13.8 Å². The van der Waals surface area contributed by atoms with Gasteiger partial charge in [0.2, 0.25) is 5.78 Å². The first kappa shape index (κ1) is 19.9. The molecule has 0 saturated carbocycles. The van der Waals surface area contributed by atoms with Gasteiger partial charge < -0.3 is 14.4 Å². The highest BCUT2D eigenvalue weighted by atomic mass is 32.2. The first-order valence-electron chi connectivity index (χ1n) is 8.50. The highest BCUT2D eigenvalue weighted by Gasteiger charge is 2.25. The number of carbonyl (C=O) groups is 1. The lowest BCUT2D eigenvalue weighted by atomic mass is 10.0. The van der Waals surface area contributed by atoms with E-state index in [2.05, 4.69) is 14.7 Å². The van der Waals surface area contributed by atoms with Gasteiger partial charge in [0.15, 0.2) is 5.82 Å². The molecule has 1 aromatic carbocycles. The number of pyridine rings is 1. The smallest absolute Gasteiger partial charge is 0.201 e. The molecule has 2 aromatic heterocycles. The van der Waals surface area contributed by atoms with Gasteiger partial charge in [0.1, 0.15) is 28.2 Å². The molecule has 1 atom stereocenters. The summed E-state index contributed by atoms with van der Waals surface area (Å²) in [7, 11) is -0.112. The lowest BCUT2D eigenvalue weighted by Crippen LogP contribution is -2.16. The molecule has 1 unspecified atom stereocenters. The summed E-state index contributed by atoms with van der Waals surface area (Å²) in [6.07, 6.45) is 2.80. The molecule has 0 amide bonds. The van der Waals surface area contributed by atoms with Crippen LogP contribution in [0.2, 0.25) is 0 Å². The van der Waals surface area contributed by atoms with Crippen LogP contribution in [0, 0.1) is 17.6 Å². The van der Waals surface area contributed by atoms with Crippen molar-refractivity contribution < 1.29 is 22.5 Å². The zero-order valence-corrected chi connectivity index (χ0v) is 16.3. The summed E-state index contributed by atoms with van der Waals surface area (Å²) < 4.78 is 48.9. The van der Waals surface area contributed by atoms with Crippen LogP contribution in [0.1, 0.15) is 29.8 Å². The third-order valence-corrected chi connectivity index (χ3v) is 5.43. The summed E-state index contributed by atoms with van der Waals surface area (Å²) >= 11 is 0. The maximum absolute atomic E-state index is 14.9. The Balaban J connectivity index is 2.02. The molecule has 6 nitrogen and oxygen atoms in total. The molecule has 3 aromatic rings. The van der Waals surface area contributed by atoms with Crippen molar-refractivity contribution in [2.45, 2.75) is 13.8 Å². The molecular weight excluding hydrogens is 388 g/mol. The summed E-state index contributed by atoms with van der Waals surface area (Å²) in [5.41, 5.74) is -0.480. The molecule has 0 fully saturated rings. The molecule has 148 valence electrons. The number of hydrogen-bond donors (Lipinski definition) is 2. The minimum absolute atomic E-state index is 0.0552. The van der Waals surface area contributed by atoms with E-state index in [0.717, 1.165) is 12.1 Å². The maximum Gasteiger partial charge on any atom is 0.201 e. The fraction of sp³-hybridized carbons (Fsp3) is 0.263. The quantitative estimate of drug-likeness (QED) is 0.584. The number of halogens is 2.